The lowest BCUT2D eigenvalue weighted by atomic mass is 10.0. The van der Waals surface area contributed by atoms with E-state index in [1.54, 1.807) is 18.1 Å². The Labute approximate surface area is 92.3 Å². The van der Waals surface area contributed by atoms with Crippen molar-refractivity contribution >= 4 is 5.84 Å². The summed E-state index contributed by atoms with van der Waals surface area (Å²) in [6.07, 6.45) is 0. The van der Waals surface area contributed by atoms with Gasteiger partial charge in [0.2, 0.25) is 0 Å². The van der Waals surface area contributed by atoms with E-state index in [2.05, 4.69) is 21.5 Å². The van der Waals surface area contributed by atoms with Gasteiger partial charge in [-0.25, -0.2) is 9.93 Å². The van der Waals surface area contributed by atoms with Crippen LogP contribution in [0.3, 0.4) is 0 Å². The molecule has 0 aromatic heterocycles. The molecular weight excluding hydrogens is 209 g/mol. The lowest BCUT2D eigenvalue weighted by Crippen LogP contribution is -2.37. The van der Waals surface area contributed by atoms with E-state index in [0.717, 1.165) is 11.4 Å². The predicted octanol–water partition coefficient (Wildman–Crippen LogP) is 0.0451. The van der Waals surface area contributed by atoms with Crippen LogP contribution in [0.4, 0.5) is 4.39 Å². The average Bonchev–Trinajstić information content (AvgIpc) is 2.83. The van der Waals surface area contributed by atoms with E-state index in [4.69, 9.17) is 0 Å². The molecule has 1 aromatic carbocycles. The van der Waals surface area contributed by atoms with Crippen LogP contribution in [0.1, 0.15) is 16.7 Å². The van der Waals surface area contributed by atoms with E-state index in [9.17, 15) is 4.39 Å². The Balaban J connectivity index is 2.08. The minimum absolute atomic E-state index is 0.134. The molecule has 0 unspecified atom stereocenters. The highest BCUT2D eigenvalue weighted by molar-refractivity contribution is 6.02. The summed E-state index contributed by atoms with van der Waals surface area (Å²) in [5.74, 6) is 0.621. The van der Waals surface area contributed by atoms with Gasteiger partial charge < -0.3 is 5.32 Å². The van der Waals surface area contributed by atoms with Gasteiger partial charge in [-0.15, -0.1) is 10.6 Å². The monoisotopic (exact) mass is 221 g/mol. The molecule has 0 fully saturated rings. The van der Waals surface area contributed by atoms with Crippen LogP contribution in [0.25, 0.3) is 0 Å². The summed E-state index contributed by atoms with van der Waals surface area (Å²) >= 11 is 0. The number of hydrazone groups is 1. The van der Waals surface area contributed by atoms with Gasteiger partial charge >= 0.3 is 0 Å². The van der Waals surface area contributed by atoms with Crippen LogP contribution in [-0.4, -0.2) is 17.9 Å². The summed E-state index contributed by atoms with van der Waals surface area (Å²) in [7, 11) is 1.81. The highest BCUT2D eigenvalue weighted by Crippen LogP contribution is 2.27. The molecule has 0 atom stereocenters. The van der Waals surface area contributed by atoms with Gasteiger partial charge in [0.05, 0.1) is 6.54 Å². The number of rotatable bonds is 2. The smallest absolute Gasteiger partial charge is 0.173 e. The van der Waals surface area contributed by atoms with Crippen molar-refractivity contribution in [3.8, 4) is 0 Å². The molecule has 0 aliphatic carbocycles. The predicted molar refractivity (Wildman–Crippen MR) is 57.5 cm³/mol. The van der Waals surface area contributed by atoms with Crippen molar-refractivity contribution in [2.45, 2.75) is 13.1 Å². The maximum absolute atomic E-state index is 14.1. The second kappa shape index (κ2) is 3.43. The van der Waals surface area contributed by atoms with Crippen molar-refractivity contribution in [2.75, 3.05) is 7.05 Å². The minimum Gasteiger partial charge on any atom is -0.316 e. The first-order chi connectivity index (χ1) is 7.81. The van der Waals surface area contributed by atoms with E-state index in [0.29, 0.717) is 24.2 Å². The standard InChI is InChI=1S/C10H12FN5/c1-12-4-6-2-3-7-8(9(6)11)5-16-10(7)13-14-15-16/h2-3,12,14-15H,4-5H2,1H3. The molecule has 0 saturated heterocycles. The zero-order chi connectivity index (χ0) is 11.1. The van der Waals surface area contributed by atoms with E-state index in [1.807, 2.05) is 6.07 Å². The SMILES string of the molecule is CNCc1ccc2c(c1F)CN1NNN=C21. The lowest BCUT2D eigenvalue weighted by Gasteiger charge is -2.09. The van der Waals surface area contributed by atoms with Gasteiger partial charge in [-0.2, -0.15) is 0 Å². The molecule has 0 radical (unpaired) electrons. The Morgan fingerprint density at radius 1 is 1.56 bits per heavy atom. The zero-order valence-corrected chi connectivity index (χ0v) is 8.84. The fourth-order valence-electron chi connectivity index (χ4n) is 2.09. The van der Waals surface area contributed by atoms with Crippen molar-refractivity contribution in [1.82, 2.24) is 21.4 Å². The largest absolute Gasteiger partial charge is 0.316 e. The first-order valence-electron chi connectivity index (χ1n) is 5.12. The van der Waals surface area contributed by atoms with Gasteiger partial charge in [0.1, 0.15) is 5.82 Å². The lowest BCUT2D eigenvalue weighted by molar-refractivity contribution is 0.294. The first-order valence-corrected chi connectivity index (χ1v) is 5.12. The van der Waals surface area contributed by atoms with Crippen molar-refractivity contribution in [3.05, 3.63) is 34.6 Å². The van der Waals surface area contributed by atoms with Crippen LogP contribution >= 0.6 is 0 Å². The number of amidine groups is 1. The molecule has 2 aliphatic rings. The van der Waals surface area contributed by atoms with E-state index in [-0.39, 0.29) is 5.82 Å². The van der Waals surface area contributed by atoms with Crippen molar-refractivity contribution in [3.63, 3.8) is 0 Å². The number of fused-ring (bicyclic) bond motifs is 3. The quantitative estimate of drug-likeness (QED) is 0.660. The third kappa shape index (κ3) is 1.20. The van der Waals surface area contributed by atoms with E-state index in [1.165, 1.54) is 0 Å². The number of hydrogen-bond donors (Lipinski definition) is 3. The molecule has 16 heavy (non-hydrogen) atoms. The second-order valence-corrected chi connectivity index (χ2v) is 3.84. The van der Waals surface area contributed by atoms with Gasteiger partial charge in [-0.3, -0.25) is 5.01 Å². The van der Waals surface area contributed by atoms with Crippen molar-refractivity contribution in [2.24, 2.45) is 5.10 Å². The molecule has 3 rings (SSSR count). The van der Waals surface area contributed by atoms with Crippen LogP contribution < -0.4 is 16.4 Å². The highest BCUT2D eigenvalue weighted by atomic mass is 19.1. The third-order valence-electron chi connectivity index (χ3n) is 2.85. The van der Waals surface area contributed by atoms with E-state index >= 15 is 0 Å². The Morgan fingerprint density at radius 2 is 2.44 bits per heavy atom. The molecule has 0 bridgehead atoms. The molecule has 0 spiro atoms. The molecule has 0 saturated carbocycles. The number of benzene rings is 1. The molecular formula is C10H12FN5. The Hall–Kier alpha value is -1.66. The molecule has 2 aliphatic heterocycles. The molecule has 5 nitrogen and oxygen atoms in total. The zero-order valence-electron chi connectivity index (χ0n) is 8.84. The Morgan fingerprint density at radius 3 is 3.25 bits per heavy atom. The highest BCUT2D eigenvalue weighted by Gasteiger charge is 2.31. The number of nitrogens with zero attached hydrogens (tertiary/aromatic N) is 2. The molecule has 6 heteroatoms. The maximum atomic E-state index is 14.1. The second-order valence-electron chi connectivity index (χ2n) is 3.84. The first kappa shape index (κ1) is 9.56. The molecule has 0 amide bonds. The fraction of sp³-hybridized carbons (Fsp3) is 0.300. The van der Waals surface area contributed by atoms with Crippen LogP contribution in [0, 0.1) is 5.82 Å². The van der Waals surface area contributed by atoms with Crippen LogP contribution in [0.5, 0.6) is 0 Å². The van der Waals surface area contributed by atoms with Crippen LogP contribution in [0.2, 0.25) is 0 Å². The number of nitrogens with one attached hydrogen (secondary N) is 3. The van der Waals surface area contributed by atoms with Crippen molar-refractivity contribution in [1.29, 1.82) is 0 Å². The number of hydrazine groups is 2. The van der Waals surface area contributed by atoms with E-state index < -0.39 is 0 Å². The Kier molecular flexibility index (Phi) is 2.05. The maximum Gasteiger partial charge on any atom is 0.173 e. The average molecular weight is 221 g/mol. The summed E-state index contributed by atoms with van der Waals surface area (Å²) in [5, 5.41) is 8.80. The summed E-state index contributed by atoms with van der Waals surface area (Å²) in [6.45, 7) is 1.04. The van der Waals surface area contributed by atoms with Crippen LogP contribution in [-0.2, 0) is 13.1 Å². The van der Waals surface area contributed by atoms with Gasteiger partial charge in [0.25, 0.3) is 0 Å². The molecule has 84 valence electrons. The van der Waals surface area contributed by atoms with Gasteiger partial charge in [-0.1, -0.05) is 12.1 Å². The fourth-order valence-corrected chi connectivity index (χ4v) is 2.09. The van der Waals surface area contributed by atoms with Crippen molar-refractivity contribution < 1.29 is 4.39 Å². The Bertz CT molecular complexity index is 471. The molecule has 3 N–H and O–H groups in total. The molecule has 1 aromatic rings. The number of halogens is 1. The summed E-state index contributed by atoms with van der Waals surface area (Å²) in [4.78, 5) is 0. The third-order valence-corrected chi connectivity index (χ3v) is 2.85. The topological polar surface area (TPSA) is 51.7 Å². The summed E-state index contributed by atoms with van der Waals surface area (Å²) in [5.41, 5.74) is 7.75. The van der Waals surface area contributed by atoms with Gasteiger partial charge in [0, 0.05) is 23.2 Å². The summed E-state index contributed by atoms with van der Waals surface area (Å²) in [6, 6.07) is 3.72. The van der Waals surface area contributed by atoms with Crippen LogP contribution in [0.15, 0.2) is 17.2 Å². The normalized spacial score (nSPS) is 16.9. The summed E-state index contributed by atoms with van der Waals surface area (Å²) < 4.78 is 14.1. The van der Waals surface area contributed by atoms with Gasteiger partial charge in [-0.05, 0) is 7.05 Å². The molecule has 2 heterocycles. The minimum atomic E-state index is -0.134. The number of hydrogen-bond acceptors (Lipinski definition) is 5. The van der Waals surface area contributed by atoms with Gasteiger partial charge in [0.15, 0.2) is 5.84 Å².